The van der Waals surface area contributed by atoms with Crippen LogP contribution in [0.1, 0.15) is 65.7 Å². The fraction of sp³-hybridized carbons (Fsp3) is 1.00. The Morgan fingerprint density at radius 3 is 1.76 bits per heavy atom. The lowest BCUT2D eigenvalue weighted by molar-refractivity contribution is -0.199. The Hall–Kier alpha value is -0.0400. The highest BCUT2D eigenvalue weighted by atomic mass is 16.3. The van der Waals surface area contributed by atoms with Gasteiger partial charge in [-0.3, -0.25) is 0 Å². The van der Waals surface area contributed by atoms with E-state index >= 15 is 0 Å². The molecule has 0 aromatic rings. The first-order valence-electron chi connectivity index (χ1n) is 7.71. The van der Waals surface area contributed by atoms with E-state index in [1.165, 1.54) is 38.5 Å². The highest BCUT2D eigenvalue weighted by Gasteiger charge is 2.60. The lowest BCUT2D eigenvalue weighted by Crippen LogP contribution is -2.60. The fourth-order valence-electron chi connectivity index (χ4n) is 6.04. The minimum Gasteiger partial charge on any atom is -0.389 e. The highest BCUT2D eigenvalue weighted by Crippen LogP contribution is 2.65. The van der Waals surface area contributed by atoms with Crippen LogP contribution in [0.15, 0.2) is 0 Å². The average molecular weight is 236 g/mol. The molecule has 0 aliphatic heterocycles. The Bertz CT molecular complexity index is 271. The third kappa shape index (κ3) is 1.54. The maximum atomic E-state index is 11.3. The molecule has 4 bridgehead atoms. The molecule has 98 valence electrons. The minimum atomic E-state index is -0.400. The van der Waals surface area contributed by atoms with Crippen LogP contribution in [0.4, 0.5) is 0 Å². The van der Waals surface area contributed by atoms with Crippen molar-refractivity contribution in [1.82, 2.24) is 0 Å². The molecule has 4 fully saturated rings. The molecule has 0 saturated heterocycles. The van der Waals surface area contributed by atoms with Crippen LogP contribution in [0, 0.1) is 29.1 Å². The monoisotopic (exact) mass is 236 g/mol. The van der Waals surface area contributed by atoms with Gasteiger partial charge in [0.25, 0.3) is 0 Å². The number of hydrogen-bond donors (Lipinski definition) is 1. The predicted octanol–water partition coefficient (Wildman–Crippen LogP) is 4.00. The van der Waals surface area contributed by atoms with E-state index in [1.807, 2.05) is 0 Å². The van der Waals surface area contributed by atoms with Crippen LogP contribution in [-0.2, 0) is 0 Å². The second-order valence-electron chi connectivity index (χ2n) is 7.63. The number of hydrogen-bond acceptors (Lipinski definition) is 1. The Kier molecular flexibility index (Phi) is 2.63. The van der Waals surface area contributed by atoms with E-state index < -0.39 is 5.60 Å². The summed E-state index contributed by atoms with van der Waals surface area (Å²) < 4.78 is 0. The molecular weight excluding hydrogens is 208 g/mol. The van der Waals surface area contributed by atoms with E-state index in [0.717, 1.165) is 24.2 Å². The minimum absolute atomic E-state index is 0.282. The van der Waals surface area contributed by atoms with Crippen molar-refractivity contribution in [3.8, 4) is 0 Å². The summed E-state index contributed by atoms with van der Waals surface area (Å²) >= 11 is 0. The van der Waals surface area contributed by atoms with E-state index in [-0.39, 0.29) is 5.41 Å². The molecule has 0 spiro atoms. The Morgan fingerprint density at radius 1 is 1.06 bits per heavy atom. The molecule has 0 radical (unpaired) electrons. The molecule has 0 aromatic heterocycles. The molecular formula is C16H28O. The summed E-state index contributed by atoms with van der Waals surface area (Å²) in [5.74, 6) is 3.23. The van der Waals surface area contributed by atoms with Crippen molar-refractivity contribution >= 4 is 0 Å². The summed E-state index contributed by atoms with van der Waals surface area (Å²) in [5, 5.41) is 11.3. The van der Waals surface area contributed by atoms with Crippen molar-refractivity contribution in [2.45, 2.75) is 71.3 Å². The van der Waals surface area contributed by atoms with Gasteiger partial charge in [0.1, 0.15) is 0 Å². The van der Waals surface area contributed by atoms with Crippen LogP contribution in [0.25, 0.3) is 0 Å². The molecule has 4 aliphatic carbocycles. The summed E-state index contributed by atoms with van der Waals surface area (Å²) in [7, 11) is 0. The van der Waals surface area contributed by atoms with Crippen molar-refractivity contribution in [3.63, 3.8) is 0 Å². The third-order valence-corrected chi connectivity index (χ3v) is 6.45. The molecule has 0 heterocycles. The molecule has 4 aliphatic rings. The van der Waals surface area contributed by atoms with Gasteiger partial charge in [-0.05, 0) is 68.6 Å². The summed E-state index contributed by atoms with van der Waals surface area (Å²) in [6.45, 7) is 6.64. The van der Waals surface area contributed by atoms with Crippen LogP contribution >= 0.6 is 0 Å². The van der Waals surface area contributed by atoms with Crippen molar-refractivity contribution in [2.24, 2.45) is 29.1 Å². The zero-order valence-corrected chi connectivity index (χ0v) is 11.7. The van der Waals surface area contributed by atoms with E-state index in [9.17, 15) is 5.11 Å². The Balaban J connectivity index is 1.95. The molecule has 17 heavy (non-hydrogen) atoms. The van der Waals surface area contributed by atoms with Gasteiger partial charge in [0, 0.05) is 5.41 Å². The van der Waals surface area contributed by atoms with Crippen LogP contribution in [0.2, 0.25) is 0 Å². The van der Waals surface area contributed by atoms with E-state index in [4.69, 9.17) is 0 Å². The Morgan fingerprint density at radius 2 is 1.47 bits per heavy atom. The topological polar surface area (TPSA) is 20.2 Å². The summed E-state index contributed by atoms with van der Waals surface area (Å²) in [6, 6.07) is 0. The SMILES string of the molecule is CCC(O)(C(C)C)C12CC3CC(CC(C3)C1)C2. The average Bonchev–Trinajstić information content (AvgIpc) is 2.25. The molecule has 0 aromatic carbocycles. The maximum absolute atomic E-state index is 11.3. The quantitative estimate of drug-likeness (QED) is 0.785. The number of rotatable bonds is 3. The first kappa shape index (κ1) is 12.0. The van der Waals surface area contributed by atoms with Gasteiger partial charge in [0.15, 0.2) is 0 Å². The molecule has 4 saturated carbocycles. The zero-order chi connectivity index (χ0) is 12.3. The summed E-state index contributed by atoms with van der Waals surface area (Å²) in [4.78, 5) is 0. The van der Waals surface area contributed by atoms with Gasteiger partial charge in [-0.25, -0.2) is 0 Å². The van der Waals surface area contributed by atoms with Crippen LogP contribution in [0.3, 0.4) is 0 Å². The third-order valence-electron chi connectivity index (χ3n) is 6.45. The number of aliphatic hydroxyl groups is 1. The summed E-state index contributed by atoms with van der Waals surface area (Å²) in [5.41, 5.74) is -0.117. The largest absolute Gasteiger partial charge is 0.389 e. The summed E-state index contributed by atoms with van der Waals surface area (Å²) in [6.07, 6.45) is 9.31. The molecule has 1 nitrogen and oxygen atoms in total. The first-order valence-corrected chi connectivity index (χ1v) is 7.71. The smallest absolute Gasteiger partial charge is 0.0724 e. The Labute approximate surface area is 106 Å². The maximum Gasteiger partial charge on any atom is 0.0724 e. The van der Waals surface area contributed by atoms with Gasteiger partial charge in [0.2, 0.25) is 0 Å². The predicted molar refractivity (Wildman–Crippen MR) is 70.7 cm³/mol. The molecule has 1 unspecified atom stereocenters. The molecule has 0 amide bonds. The van der Waals surface area contributed by atoms with Crippen LogP contribution in [0.5, 0.6) is 0 Å². The van der Waals surface area contributed by atoms with Crippen molar-refractivity contribution in [3.05, 3.63) is 0 Å². The lowest BCUT2D eigenvalue weighted by Gasteiger charge is -2.63. The van der Waals surface area contributed by atoms with E-state index in [2.05, 4.69) is 20.8 Å². The molecule has 1 atom stereocenters. The molecule has 4 rings (SSSR count). The second kappa shape index (κ2) is 3.73. The standard InChI is InChI=1S/C16H28O/c1-4-16(17,11(2)3)15-8-12-5-13(9-15)7-14(6-12)10-15/h11-14,17H,4-10H2,1-3H3. The van der Waals surface area contributed by atoms with Crippen LogP contribution in [-0.4, -0.2) is 10.7 Å². The van der Waals surface area contributed by atoms with E-state index in [1.54, 1.807) is 0 Å². The molecule has 1 N–H and O–H groups in total. The van der Waals surface area contributed by atoms with Crippen molar-refractivity contribution in [1.29, 1.82) is 0 Å². The zero-order valence-electron chi connectivity index (χ0n) is 11.7. The first-order chi connectivity index (χ1) is 7.99. The lowest BCUT2D eigenvalue weighted by atomic mass is 9.43. The van der Waals surface area contributed by atoms with Crippen molar-refractivity contribution < 1.29 is 5.11 Å². The van der Waals surface area contributed by atoms with Gasteiger partial charge in [-0.1, -0.05) is 20.8 Å². The van der Waals surface area contributed by atoms with Gasteiger partial charge in [0.05, 0.1) is 5.60 Å². The fourth-order valence-corrected chi connectivity index (χ4v) is 6.04. The van der Waals surface area contributed by atoms with E-state index in [0.29, 0.717) is 5.92 Å². The van der Waals surface area contributed by atoms with Gasteiger partial charge in [-0.15, -0.1) is 0 Å². The normalized spacial score (nSPS) is 47.5. The van der Waals surface area contributed by atoms with Crippen LogP contribution < -0.4 is 0 Å². The van der Waals surface area contributed by atoms with Gasteiger partial charge >= 0.3 is 0 Å². The van der Waals surface area contributed by atoms with Crippen molar-refractivity contribution in [2.75, 3.05) is 0 Å². The highest BCUT2D eigenvalue weighted by molar-refractivity contribution is 5.10. The second-order valence-corrected chi connectivity index (χ2v) is 7.63. The van der Waals surface area contributed by atoms with Gasteiger partial charge < -0.3 is 5.11 Å². The molecule has 1 heteroatoms. The van der Waals surface area contributed by atoms with Gasteiger partial charge in [-0.2, -0.15) is 0 Å².